The van der Waals surface area contributed by atoms with Gasteiger partial charge in [-0.3, -0.25) is 9.59 Å². The smallest absolute Gasteiger partial charge is 0.280 e. The van der Waals surface area contributed by atoms with Gasteiger partial charge in [-0.05, 0) is 24.6 Å². The summed E-state index contributed by atoms with van der Waals surface area (Å²) in [6.07, 6.45) is 0. The van der Waals surface area contributed by atoms with Crippen LogP contribution in [0.25, 0.3) is 0 Å². The summed E-state index contributed by atoms with van der Waals surface area (Å²) >= 11 is 3.66. The highest BCUT2D eigenvalue weighted by Crippen LogP contribution is 2.24. The third-order valence-corrected chi connectivity index (χ3v) is 2.47. The van der Waals surface area contributed by atoms with Crippen molar-refractivity contribution in [2.24, 2.45) is 5.92 Å². The van der Waals surface area contributed by atoms with Crippen molar-refractivity contribution in [1.29, 1.82) is 0 Å². The predicted octanol–water partition coefficient (Wildman–Crippen LogP) is 3.05. The van der Waals surface area contributed by atoms with Gasteiger partial charge >= 0.3 is 0 Å². The van der Waals surface area contributed by atoms with Crippen LogP contribution in [-0.2, 0) is 4.79 Å². The Morgan fingerprint density at radius 3 is 2.18 bits per heavy atom. The fourth-order valence-electron chi connectivity index (χ4n) is 1.30. The molecule has 1 aromatic rings. The topological polar surface area (TPSA) is 58.2 Å². The lowest BCUT2D eigenvalue weighted by Gasteiger charge is -2.13. The average Bonchev–Trinajstić information content (AvgIpc) is 2.23. The number of hydrogen-bond acceptors (Lipinski definition) is 2. The molecule has 0 aliphatic carbocycles. The van der Waals surface area contributed by atoms with Gasteiger partial charge in [0.15, 0.2) is 0 Å². The van der Waals surface area contributed by atoms with Crippen LogP contribution in [0.2, 0.25) is 0 Å². The van der Waals surface area contributed by atoms with Gasteiger partial charge < -0.3 is 10.6 Å². The highest BCUT2D eigenvalue weighted by atomic mass is 32.1. The minimum Gasteiger partial charge on any atom is -0.326 e. The van der Waals surface area contributed by atoms with Crippen molar-refractivity contribution in [1.82, 2.24) is 0 Å². The second-order valence-electron chi connectivity index (χ2n) is 4.05. The van der Waals surface area contributed by atoms with Gasteiger partial charge in [-0.2, -0.15) is 0 Å². The molecular formula is C12H16N2O2S. The van der Waals surface area contributed by atoms with Gasteiger partial charge in [-0.1, -0.05) is 32.5 Å². The van der Waals surface area contributed by atoms with E-state index in [1.807, 2.05) is 20.8 Å². The van der Waals surface area contributed by atoms with E-state index < -0.39 is 5.24 Å². The minimum atomic E-state index is -0.430. The zero-order chi connectivity index (χ0) is 13.0. The fraction of sp³-hybridized carbons (Fsp3) is 0.333. The first kappa shape index (κ1) is 13.6. The van der Waals surface area contributed by atoms with Crippen LogP contribution in [0.3, 0.4) is 0 Å². The van der Waals surface area contributed by atoms with E-state index >= 15 is 0 Å². The van der Waals surface area contributed by atoms with Gasteiger partial charge in [0, 0.05) is 17.3 Å². The quantitative estimate of drug-likeness (QED) is 0.724. The van der Waals surface area contributed by atoms with Crippen molar-refractivity contribution in [3.05, 3.63) is 23.8 Å². The van der Waals surface area contributed by atoms with Crippen LogP contribution in [0.15, 0.2) is 18.2 Å². The van der Waals surface area contributed by atoms with E-state index in [1.165, 1.54) is 0 Å². The SMILES string of the molecule is Cc1c(NC(=O)S)cccc1NC(=O)C(C)C. The Kier molecular flexibility index (Phi) is 4.57. The molecule has 2 amide bonds. The van der Waals surface area contributed by atoms with Gasteiger partial charge in [0.1, 0.15) is 0 Å². The lowest BCUT2D eigenvalue weighted by Crippen LogP contribution is -2.18. The predicted molar refractivity (Wildman–Crippen MR) is 72.7 cm³/mol. The molecule has 17 heavy (non-hydrogen) atoms. The van der Waals surface area contributed by atoms with Crippen LogP contribution >= 0.6 is 12.6 Å². The summed E-state index contributed by atoms with van der Waals surface area (Å²) in [6.45, 7) is 5.48. The molecule has 0 aliphatic rings. The number of hydrogen-bond donors (Lipinski definition) is 3. The largest absolute Gasteiger partial charge is 0.326 e. The standard InChI is InChI=1S/C12H16N2O2S/c1-7(2)11(15)13-9-5-4-6-10(8(9)3)14-12(16)17/h4-7H,1-3H3,(H,13,15)(H2,14,16,17). The maximum atomic E-state index is 11.6. The molecule has 0 bridgehead atoms. The Balaban J connectivity index is 2.94. The molecule has 0 unspecified atom stereocenters. The highest BCUT2D eigenvalue weighted by molar-refractivity contribution is 7.96. The van der Waals surface area contributed by atoms with Crippen LogP contribution in [0.5, 0.6) is 0 Å². The zero-order valence-corrected chi connectivity index (χ0v) is 11.0. The summed E-state index contributed by atoms with van der Waals surface area (Å²) in [5.74, 6) is -0.139. The molecule has 0 fully saturated rings. The fourth-order valence-corrected chi connectivity index (χ4v) is 1.42. The molecule has 0 heterocycles. The van der Waals surface area contributed by atoms with Crippen molar-refractivity contribution in [2.75, 3.05) is 10.6 Å². The van der Waals surface area contributed by atoms with Crippen LogP contribution in [-0.4, -0.2) is 11.1 Å². The Morgan fingerprint density at radius 2 is 1.71 bits per heavy atom. The molecule has 0 saturated heterocycles. The first-order valence-electron chi connectivity index (χ1n) is 5.32. The third kappa shape index (κ3) is 3.78. The highest BCUT2D eigenvalue weighted by Gasteiger charge is 2.10. The summed E-state index contributed by atoms with van der Waals surface area (Å²) in [6, 6.07) is 5.32. The second kappa shape index (κ2) is 5.72. The second-order valence-corrected chi connectivity index (χ2v) is 4.46. The van der Waals surface area contributed by atoms with Crippen LogP contribution < -0.4 is 10.6 Å². The Labute approximate surface area is 106 Å². The van der Waals surface area contributed by atoms with Crippen molar-refractivity contribution < 1.29 is 9.59 Å². The molecule has 4 nitrogen and oxygen atoms in total. The van der Waals surface area contributed by atoms with E-state index in [9.17, 15) is 9.59 Å². The Morgan fingerprint density at radius 1 is 1.18 bits per heavy atom. The molecule has 0 atom stereocenters. The van der Waals surface area contributed by atoms with Gasteiger partial charge in [0.2, 0.25) is 5.91 Å². The van der Waals surface area contributed by atoms with Gasteiger partial charge in [0.25, 0.3) is 5.24 Å². The summed E-state index contributed by atoms with van der Waals surface area (Å²) < 4.78 is 0. The first-order valence-corrected chi connectivity index (χ1v) is 5.77. The molecule has 0 aromatic heterocycles. The van der Waals surface area contributed by atoms with E-state index in [1.54, 1.807) is 18.2 Å². The number of amides is 2. The lowest BCUT2D eigenvalue weighted by molar-refractivity contribution is -0.118. The van der Waals surface area contributed by atoms with Crippen LogP contribution in [0.4, 0.5) is 16.2 Å². The summed E-state index contributed by atoms with van der Waals surface area (Å²) in [5.41, 5.74) is 2.15. The van der Waals surface area contributed by atoms with Crippen molar-refractivity contribution in [3.8, 4) is 0 Å². The van der Waals surface area contributed by atoms with E-state index in [4.69, 9.17) is 0 Å². The molecule has 2 N–H and O–H groups in total. The third-order valence-electron chi connectivity index (χ3n) is 2.36. The molecule has 0 radical (unpaired) electrons. The van der Waals surface area contributed by atoms with Crippen LogP contribution in [0.1, 0.15) is 19.4 Å². The van der Waals surface area contributed by atoms with Gasteiger partial charge in [-0.25, -0.2) is 0 Å². The maximum absolute atomic E-state index is 11.6. The number of thiol groups is 1. The molecule has 1 rings (SSSR count). The summed E-state index contributed by atoms with van der Waals surface area (Å²) in [7, 11) is 0. The first-order chi connectivity index (χ1) is 7.91. The minimum absolute atomic E-state index is 0.0533. The molecule has 0 saturated carbocycles. The van der Waals surface area contributed by atoms with Crippen LogP contribution in [0, 0.1) is 12.8 Å². The van der Waals surface area contributed by atoms with E-state index in [0.717, 1.165) is 5.56 Å². The van der Waals surface area contributed by atoms with Crippen molar-refractivity contribution >= 4 is 35.1 Å². The normalized spacial score (nSPS) is 10.2. The van der Waals surface area contributed by atoms with E-state index in [0.29, 0.717) is 11.4 Å². The molecular weight excluding hydrogens is 236 g/mol. The maximum Gasteiger partial charge on any atom is 0.280 e. The number of carbonyl (C=O) groups excluding carboxylic acids is 2. The molecule has 0 spiro atoms. The van der Waals surface area contributed by atoms with Crippen molar-refractivity contribution in [3.63, 3.8) is 0 Å². The number of rotatable bonds is 3. The number of carbonyl (C=O) groups is 2. The molecule has 1 aromatic carbocycles. The lowest BCUT2D eigenvalue weighted by atomic mass is 10.1. The summed E-state index contributed by atoms with van der Waals surface area (Å²) in [5, 5.41) is 4.97. The van der Waals surface area contributed by atoms with E-state index in [-0.39, 0.29) is 11.8 Å². The Bertz CT molecular complexity index is 444. The van der Waals surface area contributed by atoms with Gasteiger partial charge in [-0.15, -0.1) is 0 Å². The number of nitrogens with one attached hydrogen (secondary N) is 2. The van der Waals surface area contributed by atoms with Gasteiger partial charge in [0.05, 0.1) is 0 Å². The molecule has 5 heteroatoms. The molecule has 0 aliphatic heterocycles. The Hall–Kier alpha value is -1.49. The summed E-state index contributed by atoms with van der Waals surface area (Å²) in [4.78, 5) is 22.5. The number of anilines is 2. The van der Waals surface area contributed by atoms with E-state index in [2.05, 4.69) is 23.3 Å². The zero-order valence-electron chi connectivity index (χ0n) is 10.1. The monoisotopic (exact) mass is 252 g/mol. The average molecular weight is 252 g/mol. The van der Waals surface area contributed by atoms with Crippen molar-refractivity contribution in [2.45, 2.75) is 20.8 Å². The molecule has 92 valence electrons. The number of benzene rings is 1.